The molecule has 0 aromatic rings. The molecule has 0 spiro atoms. The van der Waals surface area contributed by atoms with Crippen LogP contribution in [0.2, 0.25) is 0 Å². The molecule has 1 aliphatic rings. The highest BCUT2D eigenvalue weighted by Gasteiger charge is 2.51. The fraction of sp³-hybridized carbons (Fsp3) is 1.00. The van der Waals surface area contributed by atoms with E-state index < -0.39 is 0 Å². The van der Waals surface area contributed by atoms with Crippen molar-refractivity contribution in [3.63, 3.8) is 0 Å². The Kier molecular flexibility index (Phi) is 8.68. The Labute approximate surface area is 140 Å². The predicted octanol–water partition coefficient (Wildman–Crippen LogP) is 6.67. The first-order valence-electron chi connectivity index (χ1n) is 8.16. The second-order valence-electron chi connectivity index (χ2n) is 6.50. The first kappa shape index (κ1) is 19.5. The lowest BCUT2D eigenvalue weighted by Crippen LogP contribution is -2.48. The zero-order valence-electron chi connectivity index (χ0n) is 13.6. The zero-order valence-corrected chi connectivity index (χ0v) is 17.1. The summed E-state index contributed by atoms with van der Waals surface area (Å²) in [5.74, 6) is 0. The van der Waals surface area contributed by atoms with E-state index in [9.17, 15) is 0 Å². The van der Waals surface area contributed by atoms with E-state index in [0.717, 1.165) is 23.6 Å². The quantitative estimate of drug-likeness (QED) is 0.336. The first-order valence-corrected chi connectivity index (χ1v) is 12.0. The van der Waals surface area contributed by atoms with Gasteiger partial charge in [-0.3, -0.25) is 0 Å². The Morgan fingerprint density at radius 2 is 1.65 bits per heavy atom. The van der Waals surface area contributed by atoms with Gasteiger partial charge in [-0.25, -0.2) is 0 Å². The molecule has 1 aliphatic carbocycles. The molecule has 5 unspecified atom stereocenters. The van der Waals surface area contributed by atoms with Gasteiger partial charge in [-0.1, -0.05) is 39.5 Å². The molecule has 0 aliphatic heterocycles. The van der Waals surface area contributed by atoms with E-state index in [1.54, 1.807) is 0 Å². The summed E-state index contributed by atoms with van der Waals surface area (Å²) in [4.78, 5) is 0. The van der Waals surface area contributed by atoms with Crippen molar-refractivity contribution in [3.05, 3.63) is 0 Å². The van der Waals surface area contributed by atoms with Crippen molar-refractivity contribution >= 4 is 40.4 Å². The SMILES string of the molecule is CCCCC1(CCCC)CC(PC)C(Cl)C(Cl)(PC)C1. The van der Waals surface area contributed by atoms with Crippen LogP contribution in [0.1, 0.15) is 65.2 Å². The Bertz CT molecular complexity index is 278. The van der Waals surface area contributed by atoms with Gasteiger partial charge in [0.2, 0.25) is 0 Å². The van der Waals surface area contributed by atoms with Gasteiger partial charge in [0.1, 0.15) is 0 Å². The molecule has 5 atom stereocenters. The lowest BCUT2D eigenvalue weighted by molar-refractivity contribution is 0.148. The largest absolute Gasteiger partial charge is 0.121 e. The minimum atomic E-state index is -0.144. The van der Waals surface area contributed by atoms with Crippen LogP contribution in [0.3, 0.4) is 0 Å². The standard InChI is InChI=1S/C16H32Cl2P2/c1-5-7-9-15(10-8-6-2)11-13(19-3)14(17)16(18,12-15)20-4/h13-14,19-20H,5-12H2,1-4H3. The summed E-state index contributed by atoms with van der Waals surface area (Å²) in [5.41, 5.74) is 1.10. The van der Waals surface area contributed by atoms with E-state index >= 15 is 0 Å². The molecule has 0 aromatic carbocycles. The van der Waals surface area contributed by atoms with Crippen LogP contribution in [0.25, 0.3) is 0 Å². The average molecular weight is 357 g/mol. The highest BCUT2D eigenvalue weighted by atomic mass is 35.5. The van der Waals surface area contributed by atoms with Crippen LogP contribution >= 0.6 is 40.4 Å². The summed E-state index contributed by atoms with van der Waals surface area (Å²) in [5, 5.41) is 0.173. The number of halogens is 2. The number of alkyl halides is 2. The van der Waals surface area contributed by atoms with E-state index in [2.05, 4.69) is 27.2 Å². The summed E-state index contributed by atoms with van der Waals surface area (Å²) in [6.07, 6.45) is 10.4. The molecule has 0 amide bonds. The van der Waals surface area contributed by atoms with Crippen molar-refractivity contribution in [1.29, 1.82) is 0 Å². The van der Waals surface area contributed by atoms with Crippen LogP contribution < -0.4 is 0 Å². The van der Waals surface area contributed by atoms with Gasteiger partial charge in [0.25, 0.3) is 0 Å². The molecule has 1 rings (SSSR count). The van der Waals surface area contributed by atoms with Gasteiger partial charge in [-0.15, -0.1) is 40.4 Å². The summed E-state index contributed by atoms with van der Waals surface area (Å²) < 4.78 is -0.144. The van der Waals surface area contributed by atoms with Gasteiger partial charge in [0.05, 0.1) is 9.99 Å². The van der Waals surface area contributed by atoms with Crippen LogP contribution in [0.5, 0.6) is 0 Å². The normalized spacial score (nSPS) is 34.5. The summed E-state index contributed by atoms with van der Waals surface area (Å²) in [6, 6.07) is 0. The van der Waals surface area contributed by atoms with E-state index in [0.29, 0.717) is 11.1 Å². The molecule has 0 saturated heterocycles. The van der Waals surface area contributed by atoms with Crippen LogP contribution in [-0.4, -0.2) is 29.0 Å². The Hall–Kier alpha value is 1.44. The molecule has 0 nitrogen and oxygen atoms in total. The maximum absolute atomic E-state index is 7.01. The van der Waals surface area contributed by atoms with Crippen molar-refractivity contribution in [1.82, 2.24) is 0 Å². The number of rotatable bonds is 8. The Balaban J connectivity index is 2.95. The van der Waals surface area contributed by atoms with Crippen LogP contribution in [0, 0.1) is 5.41 Å². The minimum absolute atomic E-state index is 0.144. The van der Waals surface area contributed by atoms with E-state index in [4.69, 9.17) is 23.2 Å². The second kappa shape index (κ2) is 8.91. The molecule has 0 aromatic heterocycles. The van der Waals surface area contributed by atoms with Gasteiger partial charge >= 0.3 is 0 Å². The van der Waals surface area contributed by atoms with Gasteiger partial charge in [-0.05, 0) is 50.1 Å². The van der Waals surface area contributed by atoms with Crippen LogP contribution in [0.15, 0.2) is 0 Å². The second-order valence-corrected chi connectivity index (χ2v) is 10.7. The molecule has 120 valence electrons. The Morgan fingerprint density at radius 1 is 1.10 bits per heavy atom. The minimum Gasteiger partial charge on any atom is -0.121 e. The molecule has 4 heteroatoms. The van der Waals surface area contributed by atoms with Crippen molar-refractivity contribution in [2.24, 2.45) is 5.41 Å². The smallest absolute Gasteiger partial charge is 0.0783 e. The predicted molar refractivity (Wildman–Crippen MR) is 101 cm³/mol. The fourth-order valence-corrected chi connectivity index (χ4v) is 7.51. The number of hydrogen-bond acceptors (Lipinski definition) is 0. The van der Waals surface area contributed by atoms with Crippen molar-refractivity contribution < 1.29 is 0 Å². The van der Waals surface area contributed by atoms with Crippen molar-refractivity contribution in [2.45, 2.75) is 80.9 Å². The third-order valence-electron chi connectivity index (χ3n) is 4.98. The summed E-state index contributed by atoms with van der Waals surface area (Å²) in [7, 11) is 1.67. The molecule has 0 radical (unpaired) electrons. The third kappa shape index (κ3) is 4.72. The third-order valence-corrected chi connectivity index (χ3v) is 9.70. The molecule has 1 saturated carbocycles. The van der Waals surface area contributed by atoms with E-state index in [-0.39, 0.29) is 9.99 Å². The first-order chi connectivity index (χ1) is 9.47. The maximum Gasteiger partial charge on any atom is 0.0783 e. The molecule has 1 fully saturated rings. The number of unbranched alkanes of at least 4 members (excludes halogenated alkanes) is 2. The van der Waals surface area contributed by atoms with Crippen molar-refractivity contribution in [2.75, 3.05) is 13.3 Å². The van der Waals surface area contributed by atoms with Gasteiger partial charge < -0.3 is 0 Å². The van der Waals surface area contributed by atoms with Crippen molar-refractivity contribution in [3.8, 4) is 0 Å². The molecule has 0 bridgehead atoms. The maximum atomic E-state index is 7.01. The van der Waals surface area contributed by atoms with Crippen LogP contribution in [0.4, 0.5) is 0 Å². The van der Waals surface area contributed by atoms with E-state index in [1.165, 1.54) is 44.9 Å². The molecule has 20 heavy (non-hydrogen) atoms. The highest BCUT2D eigenvalue weighted by Crippen LogP contribution is 2.60. The lowest BCUT2D eigenvalue weighted by Gasteiger charge is -2.51. The average Bonchev–Trinajstić information content (AvgIpc) is 2.47. The Morgan fingerprint density at radius 3 is 2.05 bits per heavy atom. The summed E-state index contributed by atoms with van der Waals surface area (Å²) >= 11 is 13.8. The topological polar surface area (TPSA) is 0 Å². The molecule has 0 heterocycles. The monoisotopic (exact) mass is 356 g/mol. The molecular formula is C16H32Cl2P2. The van der Waals surface area contributed by atoms with Gasteiger partial charge in [-0.2, -0.15) is 0 Å². The van der Waals surface area contributed by atoms with Gasteiger partial charge in [0, 0.05) is 0 Å². The molecular weight excluding hydrogens is 325 g/mol. The highest BCUT2D eigenvalue weighted by molar-refractivity contribution is 7.42. The molecule has 0 N–H and O–H groups in total. The number of hydrogen-bond donors (Lipinski definition) is 0. The lowest BCUT2D eigenvalue weighted by atomic mass is 9.67. The van der Waals surface area contributed by atoms with E-state index in [1.807, 2.05) is 0 Å². The zero-order chi connectivity index (χ0) is 15.2. The fourth-order valence-electron chi connectivity index (χ4n) is 3.69. The van der Waals surface area contributed by atoms with Gasteiger partial charge in [0.15, 0.2) is 0 Å². The summed E-state index contributed by atoms with van der Waals surface area (Å²) in [6.45, 7) is 9.16. The van der Waals surface area contributed by atoms with Crippen LogP contribution in [-0.2, 0) is 0 Å².